The van der Waals surface area contributed by atoms with Crippen molar-refractivity contribution in [2.45, 2.75) is 19.4 Å². The maximum Gasteiger partial charge on any atom is 0.306 e. The van der Waals surface area contributed by atoms with Crippen LogP contribution in [0.25, 0.3) is 10.2 Å². The van der Waals surface area contributed by atoms with Gasteiger partial charge in [-0.2, -0.15) is 0 Å². The highest BCUT2D eigenvalue weighted by Gasteiger charge is 2.27. The van der Waals surface area contributed by atoms with Gasteiger partial charge < -0.3 is 10.0 Å². The second kappa shape index (κ2) is 7.11. The third kappa shape index (κ3) is 3.44. The topological polar surface area (TPSA) is 75.4 Å². The Hall–Kier alpha value is -2.74. The van der Waals surface area contributed by atoms with E-state index in [0.717, 1.165) is 0 Å². The summed E-state index contributed by atoms with van der Waals surface area (Å²) in [4.78, 5) is 30.9. The minimum Gasteiger partial charge on any atom is -0.481 e. The molecule has 140 valence electrons. The van der Waals surface area contributed by atoms with Crippen LogP contribution in [-0.2, 0) is 11.3 Å². The summed E-state index contributed by atoms with van der Waals surface area (Å²) < 4.78 is 15.7. The first-order valence-corrected chi connectivity index (χ1v) is 9.61. The molecule has 3 aromatic rings. The Morgan fingerprint density at radius 3 is 2.78 bits per heavy atom. The first kappa shape index (κ1) is 17.7. The maximum absolute atomic E-state index is 13.6. The van der Waals surface area contributed by atoms with Gasteiger partial charge in [0.15, 0.2) is 0 Å². The lowest BCUT2D eigenvalue weighted by atomic mass is 9.97. The standard InChI is InChI=1S/C19H18FN3O3S/c20-14-3-1-2-12(10-14)11-23-17(24)16-15(6-9-27-16)21-19(23)22-7-4-13(5-8-22)18(25)26/h1-3,6,9-10,13H,4-5,7-8,11H2,(H,25,26). The normalized spacial score (nSPS) is 15.4. The summed E-state index contributed by atoms with van der Waals surface area (Å²) in [5.74, 6) is -0.990. The zero-order chi connectivity index (χ0) is 19.0. The van der Waals surface area contributed by atoms with Gasteiger partial charge in [-0.1, -0.05) is 12.1 Å². The molecule has 1 fully saturated rings. The molecule has 0 bridgehead atoms. The number of benzene rings is 1. The van der Waals surface area contributed by atoms with Crippen LogP contribution in [0.1, 0.15) is 18.4 Å². The van der Waals surface area contributed by atoms with Crippen molar-refractivity contribution in [3.63, 3.8) is 0 Å². The molecule has 0 saturated carbocycles. The van der Waals surface area contributed by atoms with Crippen molar-refractivity contribution < 1.29 is 14.3 Å². The lowest BCUT2D eigenvalue weighted by Crippen LogP contribution is -2.40. The molecule has 0 atom stereocenters. The Kier molecular flexibility index (Phi) is 4.65. The Balaban J connectivity index is 1.75. The van der Waals surface area contributed by atoms with E-state index in [-0.39, 0.29) is 23.8 Å². The molecule has 1 N–H and O–H groups in total. The number of thiophene rings is 1. The predicted octanol–water partition coefficient (Wildman–Crippen LogP) is 2.95. The summed E-state index contributed by atoms with van der Waals surface area (Å²) in [5.41, 5.74) is 1.15. The van der Waals surface area contributed by atoms with E-state index in [9.17, 15) is 19.1 Å². The molecule has 6 nitrogen and oxygen atoms in total. The maximum atomic E-state index is 13.6. The number of aliphatic carboxylic acids is 1. The number of anilines is 1. The largest absolute Gasteiger partial charge is 0.481 e. The number of carbonyl (C=O) groups is 1. The van der Waals surface area contributed by atoms with E-state index in [1.807, 2.05) is 10.3 Å². The number of carboxylic acids is 1. The first-order valence-electron chi connectivity index (χ1n) is 8.73. The van der Waals surface area contributed by atoms with Crippen LogP contribution in [0.2, 0.25) is 0 Å². The Morgan fingerprint density at radius 2 is 2.07 bits per heavy atom. The molecule has 4 rings (SSSR count). The molecular weight excluding hydrogens is 369 g/mol. The van der Waals surface area contributed by atoms with Crippen molar-refractivity contribution in [2.75, 3.05) is 18.0 Å². The third-order valence-corrected chi connectivity index (χ3v) is 5.79. The Bertz CT molecular complexity index is 1050. The smallest absolute Gasteiger partial charge is 0.306 e. The average Bonchev–Trinajstić information content (AvgIpc) is 3.13. The van der Waals surface area contributed by atoms with Crippen LogP contribution < -0.4 is 10.5 Å². The number of aromatic nitrogens is 2. The van der Waals surface area contributed by atoms with E-state index in [0.29, 0.717) is 47.7 Å². The van der Waals surface area contributed by atoms with E-state index >= 15 is 0 Å². The molecule has 0 unspecified atom stereocenters. The van der Waals surface area contributed by atoms with Gasteiger partial charge in [0.2, 0.25) is 5.95 Å². The summed E-state index contributed by atoms with van der Waals surface area (Å²) in [6.45, 7) is 1.25. The SMILES string of the molecule is O=C(O)C1CCN(c2nc3ccsc3c(=O)n2Cc2cccc(F)c2)CC1. The van der Waals surface area contributed by atoms with E-state index in [1.165, 1.54) is 23.5 Å². The summed E-state index contributed by atoms with van der Waals surface area (Å²) in [6.07, 6.45) is 1.01. The highest BCUT2D eigenvalue weighted by Crippen LogP contribution is 2.25. The highest BCUT2D eigenvalue weighted by molar-refractivity contribution is 7.17. The molecular formula is C19H18FN3O3S. The Labute approximate surface area is 158 Å². The first-order chi connectivity index (χ1) is 13.0. The van der Waals surface area contributed by atoms with Gasteiger partial charge in [-0.3, -0.25) is 14.2 Å². The molecule has 0 spiro atoms. The van der Waals surface area contributed by atoms with Gasteiger partial charge >= 0.3 is 5.97 Å². The lowest BCUT2D eigenvalue weighted by Gasteiger charge is -2.32. The molecule has 1 aliphatic heterocycles. The molecule has 1 aromatic carbocycles. The van der Waals surface area contributed by atoms with Crippen LogP contribution in [0.15, 0.2) is 40.5 Å². The minimum atomic E-state index is -0.784. The quantitative estimate of drug-likeness (QED) is 0.745. The predicted molar refractivity (Wildman–Crippen MR) is 102 cm³/mol. The van der Waals surface area contributed by atoms with Crippen molar-refractivity contribution in [3.05, 3.63) is 57.4 Å². The van der Waals surface area contributed by atoms with E-state index in [1.54, 1.807) is 22.8 Å². The van der Waals surface area contributed by atoms with Crippen LogP contribution in [0.3, 0.4) is 0 Å². The van der Waals surface area contributed by atoms with Crippen molar-refractivity contribution in [1.82, 2.24) is 9.55 Å². The molecule has 0 amide bonds. The van der Waals surface area contributed by atoms with Crippen molar-refractivity contribution in [1.29, 1.82) is 0 Å². The lowest BCUT2D eigenvalue weighted by molar-refractivity contribution is -0.142. The van der Waals surface area contributed by atoms with Crippen molar-refractivity contribution in [2.24, 2.45) is 5.92 Å². The molecule has 27 heavy (non-hydrogen) atoms. The van der Waals surface area contributed by atoms with Crippen LogP contribution in [0.4, 0.5) is 10.3 Å². The van der Waals surface area contributed by atoms with Gasteiger partial charge in [0.05, 0.1) is 18.0 Å². The zero-order valence-electron chi connectivity index (χ0n) is 14.5. The Morgan fingerprint density at radius 1 is 1.30 bits per heavy atom. The third-order valence-electron chi connectivity index (χ3n) is 4.90. The molecule has 3 heterocycles. The summed E-state index contributed by atoms with van der Waals surface area (Å²) in [7, 11) is 0. The fraction of sp³-hybridized carbons (Fsp3) is 0.316. The van der Waals surface area contributed by atoms with Gasteiger partial charge in [-0.15, -0.1) is 11.3 Å². The number of hydrogen-bond donors (Lipinski definition) is 1. The van der Waals surface area contributed by atoms with Gasteiger partial charge in [-0.25, -0.2) is 9.37 Å². The van der Waals surface area contributed by atoms with Crippen LogP contribution in [0.5, 0.6) is 0 Å². The number of carboxylic acid groups (broad SMARTS) is 1. The van der Waals surface area contributed by atoms with E-state index in [4.69, 9.17) is 0 Å². The van der Waals surface area contributed by atoms with Gasteiger partial charge in [0.1, 0.15) is 10.5 Å². The molecule has 0 radical (unpaired) electrons. The van der Waals surface area contributed by atoms with Gasteiger partial charge in [0.25, 0.3) is 5.56 Å². The molecule has 0 aliphatic carbocycles. The van der Waals surface area contributed by atoms with E-state index < -0.39 is 5.97 Å². The minimum absolute atomic E-state index is 0.158. The van der Waals surface area contributed by atoms with Crippen LogP contribution >= 0.6 is 11.3 Å². The van der Waals surface area contributed by atoms with Crippen molar-refractivity contribution in [3.8, 4) is 0 Å². The fourth-order valence-corrected chi connectivity index (χ4v) is 4.24. The van der Waals surface area contributed by atoms with Crippen LogP contribution in [-0.4, -0.2) is 33.7 Å². The van der Waals surface area contributed by atoms with Crippen LogP contribution in [0, 0.1) is 11.7 Å². The molecule has 1 aliphatic rings. The summed E-state index contributed by atoms with van der Waals surface area (Å²) in [6, 6.07) is 7.97. The summed E-state index contributed by atoms with van der Waals surface area (Å²) >= 11 is 1.34. The highest BCUT2D eigenvalue weighted by atomic mass is 32.1. The van der Waals surface area contributed by atoms with Gasteiger partial charge in [0, 0.05) is 13.1 Å². The summed E-state index contributed by atoms with van der Waals surface area (Å²) in [5, 5.41) is 11.0. The number of piperidine rings is 1. The van der Waals surface area contributed by atoms with E-state index in [2.05, 4.69) is 4.98 Å². The molecule has 2 aromatic heterocycles. The molecule has 8 heteroatoms. The monoisotopic (exact) mass is 387 g/mol. The number of rotatable bonds is 4. The fourth-order valence-electron chi connectivity index (χ4n) is 3.46. The second-order valence-corrected chi connectivity index (χ2v) is 7.58. The number of nitrogens with zero attached hydrogens (tertiary/aromatic N) is 3. The zero-order valence-corrected chi connectivity index (χ0v) is 15.3. The van der Waals surface area contributed by atoms with Crippen molar-refractivity contribution >= 4 is 33.5 Å². The second-order valence-electron chi connectivity index (χ2n) is 6.67. The number of halogens is 1. The number of hydrogen-bond acceptors (Lipinski definition) is 5. The van der Waals surface area contributed by atoms with Gasteiger partial charge in [-0.05, 0) is 42.0 Å². The molecule has 1 saturated heterocycles. The number of fused-ring (bicyclic) bond motifs is 1. The average molecular weight is 387 g/mol.